The highest BCUT2D eigenvalue weighted by atomic mass is 16.5. The number of methoxy groups -OCH3 is 1. The molecular formula is C12H22N2O2. The van der Waals surface area contributed by atoms with Crippen LogP contribution < -0.4 is 5.73 Å². The number of nitrogens with two attached hydrogens (primary N) is 1. The summed E-state index contributed by atoms with van der Waals surface area (Å²) < 4.78 is 4.88. The van der Waals surface area contributed by atoms with Crippen LogP contribution in [-0.4, -0.2) is 44.2 Å². The maximum Gasteiger partial charge on any atom is 0.313 e. The minimum absolute atomic E-state index is 0.0253. The summed E-state index contributed by atoms with van der Waals surface area (Å²) in [5, 5.41) is 0. The number of nitrogens with zero attached hydrogens (tertiary/aromatic N) is 1. The molecule has 2 aliphatic rings. The summed E-state index contributed by atoms with van der Waals surface area (Å²) in [6, 6.07) is -0.0253. The first-order chi connectivity index (χ1) is 7.60. The summed E-state index contributed by atoms with van der Waals surface area (Å²) in [7, 11) is 3.58. The van der Waals surface area contributed by atoms with Crippen molar-refractivity contribution in [2.75, 3.05) is 27.2 Å². The van der Waals surface area contributed by atoms with Crippen molar-refractivity contribution in [3.63, 3.8) is 0 Å². The normalized spacial score (nSPS) is 30.8. The van der Waals surface area contributed by atoms with Gasteiger partial charge in [0.25, 0.3) is 0 Å². The molecular weight excluding hydrogens is 204 g/mol. The van der Waals surface area contributed by atoms with Crippen LogP contribution in [0.3, 0.4) is 0 Å². The molecule has 92 valence electrons. The molecule has 0 radical (unpaired) electrons. The van der Waals surface area contributed by atoms with E-state index in [1.165, 1.54) is 13.5 Å². The maximum atomic E-state index is 11.7. The van der Waals surface area contributed by atoms with Gasteiger partial charge in [-0.2, -0.15) is 0 Å². The van der Waals surface area contributed by atoms with Gasteiger partial charge in [-0.3, -0.25) is 4.79 Å². The smallest absolute Gasteiger partial charge is 0.313 e. The van der Waals surface area contributed by atoms with Crippen LogP contribution >= 0.6 is 0 Å². The number of ether oxygens (including phenoxy) is 1. The summed E-state index contributed by atoms with van der Waals surface area (Å²) in [5.41, 5.74) is 5.95. The standard InChI is InChI=1S/C12H22N2O2/c1-14-7-3-4-9(8-14)10(13)12(5-6-12)11(15)16-2/h9-10H,3-8,13H2,1-2H3. The Balaban J connectivity index is 2.01. The third-order valence-electron chi connectivity index (χ3n) is 4.19. The van der Waals surface area contributed by atoms with E-state index in [1.54, 1.807) is 0 Å². The van der Waals surface area contributed by atoms with Crippen molar-refractivity contribution in [1.82, 2.24) is 4.90 Å². The number of likely N-dealkylation sites (tertiary alicyclic amines) is 1. The van der Waals surface area contributed by atoms with Crippen molar-refractivity contribution in [3.8, 4) is 0 Å². The lowest BCUT2D eigenvalue weighted by atomic mass is 9.81. The van der Waals surface area contributed by atoms with Crippen molar-refractivity contribution >= 4 is 5.97 Å². The highest BCUT2D eigenvalue weighted by molar-refractivity contribution is 5.80. The minimum atomic E-state index is -0.350. The Morgan fingerprint density at radius 1 is 1.56 bits per heavy atom. The van der Waals surface area contributed by atoms with Crippen LogP contribution in [0.25, 0.3) is 0 Å². The van der Waals surface area contributed by atoms with Gasteiger partial charge in [-0.1, -0.05) is 0 Å². The summed E-state index contributed by atoms with van der Waals surface area (Å²) in [6.45, 7) is 2.16. The number of carbonyl (C=O) groups is 1. The first-order valence-electron chi connectivity index (χ1n) is 6.13. The molecule has 2 unspecified atom stereocenters. The molecule has 1 aliphatic carbocycles. The van der Waals surface area contributed by atoms with Gasteiger partial charge in [0.05, 0.1) is 12.5 Å². The summed E-state index contributed by atoms with van der Waals surface area (Å²) in [4.78, 5) is 14.1. The Morgan fingerprint density at radius 3 is 2.75 bits per heavy atom. The van der Waals surface area contributed by atoms with E-state index in [0.717, 1.165) is 32.4 Å². The molecule has 1 saturated heterocycles. The molecule has 2 fully saturated rings. The molecule has 1 heterocycles. The minimum Gasteiger partial charge on any atom is -0.469 e. The zero-order chi connectivity index (χ0) is 11.8. The first-order valence-corrected chi connectivity index (χ1v) is 6.13. The van der Waals surface area contributed by atoms with Crippen molar-refractivity contribution in [3.05, 3.63) is 0 Å². The van der Waals surface area contributed by atoms with Crippen LogP contribution in [0.2, 0.25) is 0 Å². The molecule has 4 nitrogen and oxygen atoms in total. The maximum absolute atomic E-state index is 11.7. The number of hydrogen-bond acceptors (Lipinski definition) is 4. The van der Waals surface area contributed by atoms with Crippen LogP contribution in [-0.2, 0) is 9.53 Å². The highest BCUT2D eigenvalue weighted by Crippen LogP contribution is 2.51. The quantitative estimate of drug-likeness (QED) is 0.716. The third-order valence-corrected chi connectivity index (χ3v) is 4.19. The van der Waals surface area contributed by atoms with Crippen LogP contribution in [0.5, 0.6) is 0 Å². The lowest BCUT2D eigenvalue weighted by Crippen LogP contribution is -2.49. The average molecular weight is 226 g/mol. The fraction of sp³-hybridized carbons (Fsp3) is 0.917. The second-order valence-corrected chi connectivity index (χ2v) is 5.34. The zero-order valence-electron chi connectivity index (χ0n) is 10.2. The monoisotopic (exact) mass is 226 g/mol. The van der Waals surface area contributed by atoms with Crippen molar-refractivity contribution in [2.45, 2.75) is 31.7 Å². The second kappa shape index (κ2) is 4.34. The number of esters is 1. The van der Waals surface area contributed by atoms with Gasteiger partial charge in [0.15, 0.2) is 0 Å². The molecule has 2 N–H and O–H groups in total. The number of carbonyl (C=O) groups excluding carboxylic acids is 1. The molecule has 0 aromatic heterocycles. The number of rotatable bonds is 3. The van der Waals surface area contributed by atoms with Gasteiger partial charge < -0.3 is 15.4 Å². The molecule has 0 spiro atoms. The van der Waals surface area contributed by atoms with E-state index in [-0.39, 0.29) is 17.4 Å². The fourth-order valence-corrected chi connectivity index (χ4v) is 2.96. The van der Waals surface area contributed by atoms with Gasteiger partial charge in [0, 0.05) is 12.6 Å². The van der Waals surface area contributed by atoms with E-state index in [1.807, 2.05) is 0 Å². The lowest BCUT2D eigenvalue weighted by molar-refractivity contribution is -0.148. The Morgan fingerprint density at radius 2 is 2.25 bits per heavy atom. The van der Waals surface area contributed by atoms with Crippen LogP contribution in [0, 0.1) is 11.3 Å². The average Bonchev–Trinajstić information content (AvgIpc) is 3.08. The topological polar surface area (TPSA) is 55.6 Å². The van der Waals surface area contributed by atoms with Gasteiger partial charge in [0.1, 0.15) is 0 Å². The third kappa shape index (κ3) is 1.96. The number of piperidine rings is 1. The molecule has 1 saturated carbocycles. The molecule has 0 aromatic rings. The Hall–Kier alpha value is -0.610. The van der Waals surface area contributed by atoms with Crippen LogP contribution in [0.1, 0.15) is 25.7 Å². The van der Waals surface area contributed by atoms with Crippen LogP contribution in [0.4, 0.5) is 0 Å². The second-order valence-electron chi connectivity index (χ2n) is 5.34. The van der Waals surface area contributed by atoms with E-state index in [4.69, 9.17) is 10.5 Å². The summed E-state index contributed by atoms with van der Waals surface area (Å²) >= 11 is 0. The van der Waals surface area contributed by atoms with E-state index < -0.39 is 0 Å². The molecule has 2 rings (SSSR count). The van der Waals surface area contributed by atoms with Crippen molar-refractivity contribution in [1.29, 1.82) is 0 Å². The fourth-order valence-electron chi connectivity index (χ4n) is 2.96. The van der Waals surface area contributed by atoms with Gasteiger partial charge in [0.2, 0.25) is 0 Å². The van der Waals surface area contributed by atoms with Gasteiger partial charge in [-0.05, 0) is 45.2 Å². The van der Waals surface area contributed by atoms with Crippen molar-refractivity contribution in [2.24, 2.45) is 17.1 Å². The first kappa shape index (κ1) is 11.9. The van der Waals surface area contributed by atoms with E-state index in [0.29, 0.717) is 5.92 Å². The molecule has 0 bridgehead atoms. The Bertz CT molecular complexity index is 276. The molecule has 0 amide bonds. The molecule has 16 heavy (non-hydrogen) atoms. The van der Waals surface area contributed by atoms with Gasteiger partial charge in [-0.15, -0.1) is 0 Å². The van der Waals surface area contributed by atoms with Gasteiger partial charge in [-0.25, -0.2) is 0 Å². The summed E-state index contributed by atoms with van der Waals surface area (Å²) in [5.74, 6) is 0.341. The van der Waals surface area contributed by atoms with Crippen molar-refractivity contribution < 1.29 is 9.53 Å². The summed E-state index contributed by atoms with van der Waals surface area (Å²) in [6.07, 6.45) is 4.14. The Labute approximate surface area is 97.1 Å². The Kier molecular flexibility index (Phi) is 3.22. The van der Waals surface area contributed by atoms with E-state index in [9.17, 15) is 4.79 Å². The molecule has 4 heteroatoms. The van der Waals surface area contributed by atoms with Crippen LogP contribution in [0.15, 0.2) is 0 Å². The molecule has 0 aromatic carbocycles. The SMILES string of the molecule is COC(=O)C1(C(N)C2CCCN(C)C2)CC1. The highest BCUT2D eigenvalue weighted by Gasteiger charge is 2.57. The van der Waals surface area contributed by atoms with E-state index in [2.05, 4.69) is 11.9 Å². The van der Waals surface area contributed by atoms with Gasteiger partial charge >= 0.3 is 5.97 Å². The predicted molar refractivity (Wildman–Crippen MR) is 61.9 cm³/mol. The molecule has 2 atom stereocenters. The van der Waals surface area contributed by atoms with E-state index >= 15 is 0 Å². The lowest BCUT2D eigenvalue weighted by Gasteiger charge is -2.36. The zero-order valence-corrected chi connectivity index (χ0v) is 10.2. The number of hydrogen-bond donors (Lipinski definition) is 1. The molecule has 1 aliphatic heterocycles. The largest absolute Gasteiger partial charge is 0.469 e. The predicted octanol–water partition coefficient (Wildman–Crippen LogP) is 0.609.